The number of nitrogens with one attached hydrogen (secondary N) is 1. The van der Waals surface area contributed by atoms with Crippen LogP contribution in [-0.2, 0) is 14.3 Å². The average Bonchev–Trinajstić information content (AvgIpc) is 2.34. The SMILES string of the molecule is C[C@H](NCC(=O)OC(C)(C)C)C(=O)N1CCN(C)CC1. The van der Waals surface area contributed by atoms with E-state index in [4.69, 9.17) is 4.74 Å². The van der Waals surface area contributed by atoms with Gasteiger partial charge in [-0.25, -0.2) is 0 Å². The summed E-state index contributed by atoms with van der Waals surface area (Å²) in [5, 5.41) is 2.93. The number of ether oxygens (including phenoxy) is 1. The number of amides is 1. The van der Waals surface area contributed by atoms with Crippen molar-refractivity contribution in [1.82, 2.24) is 15.1 Å². The molecule has 1 aliphatic rings. The van der Waals surface area contributed by atoms with Crippen molar-refractivity contribution in [2.45, 2.75) is 39.3 Å². The van der Waals surface area contributed by atoms with Crippen molar-refractivity contribution in [2.75, 3.05) is 39.8 Å². The zero-order valence-electron chi connectivity index (χ0n) is 13.2. The van der Waals surface area contributed by atoms with Crippen LogP contribution in [0.15, 0.2) is 0 Å². The van der Waals surface area contributed by atoms with Crippen molar-refractivity contribution < 1.29 is 14.3 Å². The molecule has 0 radical (unpaired) electrons. The lowest BCUT2D eigenvalue weighted by Crippen LogP contribution is -2.53. The Morgan fingerprint density at radius 3 is 2.25 bits per heavy atom. The van der Waals surface area contributed by atoms with E-state index in [9.17, 15) is 9.59 Å². The minimum Gasteiger partial charge on any atom is -0.459 e. The summed E-state index contributed by atoms with van der Waals surface area (Å²) in [6.45, 7) is 10.6. The van der Waals surface area contributed by atoms with Gasteiger partial charge in [-0.05, 0) is 34.7 Å². The van der Waals surface area contributed by atoms with Crippen LogP contribution < -0.4 is 5.32 Å². The highest BCUT2D eigenvalue weighted by atomic mass is 16.6. The fourth-order valence-corrected chi connectivity index (χ4v) is 2.00. The van der Waals surface area contributed by atoms with Gasteiger partial charge in [0.05, 0.1) is 12.6 Å². The average molecular weight is 285 g/mol. The van der Waals surface area contributed by atoms with E-state index >= 15 is 0 Å². The quantitative estimate of drug-likeness (QED) is 0.741. The maximum atomic E-state index is 12.2. The molecule has 1 fully saturated rings. The van der Waals surface area contributed by atoms with Crippen LogP contribution in [0.2, 0.25) is 0 Å². The van der Waals surface area contributed by atoms with E-state index in [2.05, 4.69) is 10.2 Å². The van der Waals surface area contributed by atoms with Gasteiger partial charge in [0.2, 0.25) is 5.91 Å². The Morgan fingerprint density at radius 1 is 1.20 bits per heavy atom. The van der Waals surface area contributed by atoms with Crippen molar-refractivity contribution in [3.8, 4) is 0 Å². The Balaban J connectivity index is 2.33. The lowest BCUT2D eigenvalue weighted by molar-refractivity contribution is -0.153. The number of hydrogen-bond acceptors (Lipinski definition) is 5. The van der Waals surface area contributed by atoms with E-state index in [0.717, 1.165) is 26.2 Å². The van der Waals surface area contributed by atoms with E-state index in [1.807, 2.05) is 32.7 Å². The molecule has 0 aromatic heterocycles. The molecule has 0 aromatic carbocycles. The molecule has 0 aliphatic carbocycles. The van der Waals surface area contributed by atoms with Gasteiger partial charge in [-0.2, -0.15) is 0 Å². The highest BCUT2D eigenvalue weighted by Gasteiger charge is 2.24. The van der Waals surface area contributed by atoms with E-state index in [1.165, 1.54) is 0 Å². The van der Waals surface area contributed by atoms with E-state index in [1.54, 1.807) is 6.92 Å². The first-order chi connectivity index (χ1) is 9.19. The minimum absolute atomic E-state index is 0.0432. The number of rotatable bonds is 4. The summed E-state index contributed by atoms with van der Waals surface area (Å²) in [5.74, 6) is -0.294. The Morgan fingerprint density at radius 2 is 1.75 bits per heavy atom. The summed E-state index contributed by atoms with van der Waals surface area (Å²) >= 11 is 0. The number of hydrogen-bond donors (Lipinski definition) is 1. The van der Waals surface area contributed by atoms with E-state index in [-0.39, 0.29) is 24.5 Å². The van der Waals surface area contributed by atoms with Crippen LogP contribution in [0, 0.1) is 0 Å². The number of carbonyl (C=O) groups excluding carboxylic acids is 2. The van der Waals surface area contributed by atoms with Gasteiger partial charge in [-0.15, -0.1) is 0 Å². The molecule has 1 saturated heterocycles. The van der Waals surface area contributed by atoms with Gasteiger partial charge >= 0.3 is 5.97 Å². The van der Waals surface area contributed by atoms with Gasteiger partial charge in [0.1, 0.15) is 5.60 Å². The van der Waals surface area contributed by atoms with Crippen LogP contribution in [0.25, 0.3) is 0 Å². The van der Waals surface area contributed by atoms with Crippen molar-refractivity contribution in [3.63, 3.8) is 0 Å². The first-order valence-corrected chi connectivity index (χ1v) is 7.11. The van der Waals surface area contributed by atoms with Gasteiger partial charge in [0.25, 0.3) is 0 Å². The van der Waals surface area contributed by atoms with Gasteiger partial charge in [0.15, 0.2) is 0 Å². The molecule has 0 bridgehead atoms. The molecule has 6 nitrogen and oxygen atoms in total. The summed E-state index contributed by atoms with van der Waals surface area (Å²) in [5.41, 5.74) is -0.497. The largest absolute Gasteiger partial charge is 0.459 e. The first-order valence-electron chi connectivity index (χ1n) is 7.11. The molecular weight excluding hydrogens is 258 g/mol. The van der Waals surface area contributed by atoms with Crippen LogP contribution in [0.4, 0.5) is 0 Å². The van der Waals surface area contributed by atoms with E-state index in [0.29, 0.717) is 0 Å². The van der Waals surface area contributed by atoms with Crippen LogP contribution in [0.1, 0.15) is 27.7 Å². The molecule has 1 heterocycles. The molecular formula is C14H27N3O3. The third-order valence-corrected chi connectivity index (χ3v) is 3.16. The molecule has 1 N–H and O–H groups in total. The molecule has 1 atom stereocenters. The van der Waals surface area contributed by atoms with Crippen molar-refractivity contribution in [1.29, 1.82) is 0 Å². The fourth-order valence-electron chi connectivity index (χ4n) is 2.00. The Bertz CT molecular complexity index is 344. The minimum atomic E-state index is -0.497. The smallest absolute Gasteiger partial charge is 0.320 e. The first kappa shape index (κ1) is 16.9. The molecule has 0 saturated carbocycles. The third kappa shape index (κ3) is 5.88. The normalized spacial score (nSPS) is 18.8. The molecule has 116 valence electrons. The van der Waals surface area contributed by atoms with Gasteiger partial charge in [-0.3, -0.25) is 14.9 Å². The Labute approximate surface area is 121 Å². The predicted molar refractivity (Wildman–Crippen MR) is 77.4 cm³/mol. The second-order valence-electron chi connectivity index (χ2n) is 6.32. The second kappa shape index (κ2) is 7.04. The molecule has 0 spiro atoms. The van der Waals surface area contributed by atoms with Crippen molar-refractivity contribution >= 4 is 11.9 Å². The van der Waals surface area contributed by atoms with Crippen LogP contribution in [0.5, 0.6) is 0 Å². The van der Waals surface area contributed by atoms with Crippen molar-refractivity contribution in [3.05, 3.63) is 0 Å². The number of carbonyl (C=O) groups is 2. The summed E-state index contributed by atoms with van der Waals surface area (Å²) in [6, 6.07) is -0.370. The van der Waals surface area contributed by atoms with Crippen molar-refractivity contribution in [2.24, 2.45) is 0 Å². The standard InChI is InChI=1S/C14H27N3O3/c1-11(15-10-12(18)20-14(2,3)4)13(19)17-8-6-16(5)7-9-17/h11,15H,6-10H2,1-5H3/t11-/m0/s1. The third-order valence-electron chi connectivity index (χ3n) is 3.16. The molecule has 6 heteroatoms. The molecule has 0 unspecified atom stereocenters. The number of piperazine rings is 1. The predicted octanol–water partition coefficient (Wildman–Crippen LogP) is 0.0802. The van der Waals surface area contributed by atoms with Gasteiger partial charge < -0.3 is 14.5 Å². The molecule has 0 aromatic rings. The lowest BCUT2D eigenvalue weighted by atomic mass is 10.2. The monoisotopic (exact) mass is 285 g/mol. The van der Waals surface area contributed by atoms with E-state index < -0.39 is 5.60 Å². The number of likely N-dealkylation sites (N-methyl/N-ethyl adjacent to an activating group) is 1. The number of esters is 1. The highest BCUT2D eigenvalue weighted by molar-refractivity contribution is 5.82. The summed E-state index contributed by atoms with van der Waals surface area (Å²) in [6.07, 6.45) is 0. The van der Waals surface area contributed by atoms with Crippen LogP contribution in [-0.4, -0.2) is 73.1 Å². The van der Waals surface area contributed by atoms with Gasteiger partial charge in [0, 0.05) is 26.2 Å². The van der Waals surface area contributed by atoms with Crippen LogP contribution >= 0.6 is 0 Å². The van der Waals surface area contributed by atoms with Gasteiger partial charge in [-0.1, -0.05) is 0 Å². The Kier molecular flexibility index (Phi) is 5.95. The Hall–Kier alpha value is -1.14. The summed E-state index contributed by atoms with van der Waals surface area (Å²) in [7, 11) is 2.05. The maximum absolute atomic E-state index is 12.2. The number of nitrogens with zero attached hydrogens (tertiary/aromatic N) is 2. The summed E-state index contributed by atoms with van der Waals surface area (Å²) < 4.78 is 5.19. The lowest BCUT2D eigenvalue weighted by Gasteiger charge is -2.34. The summed E-state index contributed by atoms with van der Waals surface area (Å²) in [4.78, 5) is 27.8. The highest BCUT2D eigenvalue weighted by Crippen LogP contribution is 2.06. The molecule has 1 amide bonds. The zero-order chi connectivity index (χ0) is 15.3. The molecule has 1 rings (SSSR count). The maximum Gasteiger partial charge on any atom is 0.320 e. The topological polar surface area (TPSA) is 61.9 Å². The van der Waals surface area contributed by atoms with Crippen LogP contribution in [0.3, 0.4) is 0 Å². The fraction of sp³-hybridized carbons (Fsp3) is 0.857. The second-order valence-corrected chi connectivity index (χ2v) is 6.32. The molecule has 20 heavy (non-hydrogen) atoms. The molecule has 1 aliphatic heterocycles. The zero-order valence-corrected chi connectivity index (χ0v) is 13.2.